The lowest BCUT2D eigenvalue weighted by atomic mass is 9.87. The predicted molar refractivity (Wildman–Crippen MR) is 76.6 cm³/mol. The number of nitrogens with one attached hydrogen (secondary N) is 2. The van der Waals surface area contributed by atoms with Crippen molar-refractivity contribution in [2.45, 2.75) is 30.6 Å². The summed E-state index contributed by atoms with van der Waals surface area (Å²) in [6.07, 6.45) is -0.497. The summed E-state index contributed by atoms with van der Waals surface area (Å²) >= 11 is 0. The van der Waals surface area contributed by atoms with Crippen LogP contribution < -0.4 is 17.1 Å². The van der Waals surface area contributed by atoms with Crippen LogP contribution >= 0.6 is 0 Å². The topological polar surface area (TPSA) is 148 Å². The SMILES string of the molecule is COCOC(=O)C(CC1CO1)(CC1CO1)n1c(=O)[nH]c(=O)[nH]c1=O. The van der Waals surface area contributed by atoms with Gasteiger partial charge in [0.25, 0.3) is 0 Å². The maximum absolute atomic E-state index is 12.7. The van der Waals surface area contributed by atoms with E-state index in [9.17, 15) is 19.2 Å². The number of ether oxygens (including phenoxy) is 4. The second kappa shape index (κ2) is 6.34. The molecule has 0 aromatic carbocycles. The second-order valence-corrected chi connectivity index (χ2v) is 5.71. The minimum absolute atomic E-state index is 0.0461. The number of hydrogen-bond acceptors (Lipinski definition) is 8. The van der Waals surface area contributed by atoms with Crippen LogP contribution in [0.25, 0.3) is 0 Å². The van der Waals surface area contributed by atoms with Crippen LogP contribution in [0.2, 0.25) is 0 Å². The Morgan fingerprint density at radius 2 is 1.67 bits per heavy atom. The average Bonchev–Trinajstić information content (AvgIpc) is 3.40. The molecule has 1 aromatic rings. The molecule has 0 radical (unpaired) electrons. The van der Waals surface area contributed by atoms with Gasteiger partial charge in [-0.25, -0.2) is 23.7 Å². The van der Waals surface area contributed by atoms with Gasteiger partial charge in [0.1, 0.15) is 0 Å². The smallest absolute Gasteiger partial charge is 0.335 e. The Morgan fingerprint density at radius 3 is 2.08 bits per heavy atom. The van der Waals surface area contributed by atoms with Crippen molar-refractivity contribution < 1.29 is 23.7 Å². The maximum atomic E-state index is 12.7. The summed E-state index contributed by atoms with van der Waals surface area (Å²) in [6.45, 7) is 0.468. The second-order valence-electron chi connectivity index (χ2n) is 5.71. The van der Waals surface area contributed by atoms with Gasteiger partial charge in [0, 0.05) is 20.0 Å². The Kier molecular flexibility index (Phi) is 4.39. The number of carbonyl (C=O) groups excluding carboxylic acids is 1. The van der Waals surface area contributed by atoms with E-state index in [4.69, 9.17) is 18.9 Å². The highest BCUT2D eigenvalue weighted by Crippen LogP contribution is 2.36. The Balaban J connectivity index is 2.11. The minimum atomic E-state index is -1.66. The van der Waals surface area contributed by atoms with Crippen LogP contribution in [-0.2, 0) is 29.3 Å². The van der Waals surface area contributed by atoms with Crippen molar-refractivity contribution in [2.24, 2.45) is 0 Å². The number of aromatic nitrogens is 3. The van der Waals surface area contributed by atoms with E-state index in [2.05, 4.69) is 0 Å². The molecule has 24 heavy (non-hydrogen) atoms. The Bertz CT molecular complexity index is 737. The third-order valence-corrected chi connectivity index (χ3v) is 3.90. The zero-order valence-corrected chi connectivity index (χ0v) is 12.9. The first-order valence-corrected chi connectivity index (χ1v) is 7.32. The number of rotatable bonds is 8. The molecule has 2 fully saturated rings. The monoisotopic (exact) mass is 343 g/mol. The highest BCUT2D eigenvalue weighted by Gasteiger charge is 2.52. The van der Waals surface area contributed by atoms with Crippen LogP contribution in [0.4, 0.5) is 0 Å². The number of esters is 1. The highest BCUT2D eigenvalue weighted by atomic mass is 16.7. The van der Waals surface area contributed by atoms with Gasteiger partial charge in [-0.3, -0.25) is 9.97 Å². The van der Waals surface area contributed by atoms with Crippen molar-refractivity contribution in [2.75, 3.05) is 27.1 Å². The van der Waals surface area contributed by atoms with Crippen LogP contribution in [0.3, 0.4) is 0 Å². The van der Waals surface area contributed by atoms with Crippen molar-refractivity contribution in [3.05, 3.63) is 31.5 Å². The molecular formula is C13H17N3O8. The van der Waals surface area contributed by atoms with Crippen LogP contribution in [0.15, 0.2) is 14.4 Å². The van der Waals surface area contributed by atoms with Gasteiger partial charge < -0.3 is 18.9 Å². The third kappa shape index (κ3) is 3.32. The van der Waals surface area contributed by atoms with E-state index in [-0.39, 0.29) is 31.8 Å². The van der Waals surface area contributed by atoms with E-state index >= 15 is 0 Å². The maximum Gasteiger partial charge on any atom is 0.335 e. The highest BCUT2D eigenvalue weighted by molar-refractivity contribution is 5.79. The number of H-pyrrole nitrogens is 2. The molecule has 1 aromatic heterocycles. The molecule has 3 heterocycles. The van der Waals surface area contributed by atoms with Crippen LogP contribution in [0.5, 0.6) is 0 Å². The Labute approximate surface area is 134 Å². The van der Waals surface area contributed by atoms with Gasteiger partial charge >= 0.3 is 23.0 Å². The van der Waals surface area contributed by atoms with Crippen molar-refractivity contribution in [1.29, 1.82) is 0 Å². The quantitative estimate of drug-likeness (QED) is 0.303. The lowest BCUT2D eigenvalue weighted by molar-refractivity contribution is -0.167. The largest absolute Gasteiger partial charge is 0.437 e. The van der Waals surface area contributed by atoms with Crippen LogP contribution in [0.1, 0.15) is 12.8 Å². The molecule has 2 N–H and O–H groups in total. The molecule has 3 rings (SSSR count). The molecule has 132 valence electrons. The van der Waals surface area contributed by atoms with Crippen LogP contribution in [-0.4, -0.2) is 59.8 Å². The normalized spacial score (nSPS) is 24.2. The summed E-state index contributed by atoms with van der Waals surface area (Å²) in [5.74, 6) is -0.824. The molecule has 2 atom stereocenters. The van der Waals surface area contributed by atoms with E-state index < -0.39 is 28.6 Å². The fourth-order valence-corrected chi connectivity index (χ4v) is 2.71. The predicted octanol–water partition coefficient (Wildman–Crippen LogP) is -2.35. The minimum Gasteiger partial charge on any atom is -0.437 e. The van der Waals surface area contributed by atoms with Gasteiger partial charge in [-0.2, -0.15) is 0 Å². The molecule has 2 saturated heterocycles. The first kappa shape index (κ1) is 16.6. The lowest BCUT2D eigenvalue weighted by Crippen LogP contribution is -2.58. The van der Waals surface area contributed by atoms with Gasteiger partial charge in [-0.1, -0.05) is 0 Å². The van der Waals surface area contributed by atoms with Gasteiger partial charge in [0.15, 0.2) is 12.3 Å². The number of carbonyl (C=O) groups is 1. The summed E-state index contributed by atoms with van der Waals surface area (Å²) in [5.41, 5.74) is -4.61. The Morgan fingerprint density at radius 1 is 1.17 bits per heavy atom. The molecule has 0 saturated carbocycles. The molecule has 11 heteroatoms. The standard InChI is InChI=1S/C13H17N3O8/c1-21-6-24-9(17)13(2-7-4-22-7,3-8-5-23-8)16-11(19)14-10(18)15-12(16)20/h7-8H,2-6H2,1H3,(H2,14,15,18,19,20). The Hall–Kier alpha value is -2.24. The van der Waals surface area contributed by atoms with E-state index in [0.717, 1.165) is 0 Å². The first-order valence-electron chi connectivity index (χ1n) is 7.32. The molecule has 2 aliphatic heterocycles. The zero-order chi connectivity index (χ0) is 17.3. The third-order valence-electron chi connectivity index (χ3n) is 3.90. The van der Waals surface area contributed by atoms with Crippen molar-refractivity contribution in [3.8, 4) is 0 Å². The fourth-order valence-electron chi connectivity index (χ4n) is 2.71. The first-order chi connectivity index (χ1) is 11.5. The zero-order valence-electron chi connectivity index (χ0n) is 12.9. The number of epoxide rings is 2. The van der Waals surface area contributed by atoms with E-state index in [1.54, 1.807) is 0 Å². The summed E-state index contributed by atoms with van der Waals surface area (Å²) in [6, 6.07) is 0. The van der Waals surface area contributed by atoms with Crippen molar-refractivity contribution in [3.63, 3.8) is 0 Å². The number of hydrogen-bond donors (Lipinski definition) is 2. The number of nitrogens with zero attached hydrogens (tertiary/aromatic N) is 1. The summed E-state index contributed by atoms with van der Waals surface area (Å²) in [4.78, 5) is 52.4. The van der Waals surface area contributed by atoms with Gasteiger partial charge in [-0.15, -0.1) is 0 Å². The van der Waals surface area contributed by atoms with E-state index in [1.807, 2.05) is 9.97 Å². The summed E-state index contributed by atoms with van der Waals surface area (Å²) < 4.78 is 20.8. The molecule has 2 unspecified atom stereocenters. The molecule has 0 amide bonds. The molecule has 0 spiro atoms. The van der Waals surface area contributed by atoms with E-state index in [1.165, 1.54) is 7.11 Å². The lowest BCUT2D eigenvalue weighted by Gasteiger charge is -2.31. The number of aromatic amines is 2. The summed E-state index contributed by atoms with van der Waals surface area (Å²) in [7, 11) is 1.34. The summed E-state index contributed by atoms with van der Waals surface area (Å²) in [5, 5.41) is 0. The van der Waals surface area contributed by atoms with Gasteiger partial charge in [0.2, 0.25) is 0 Å². The van der Waals surface area contributed by atoms with Crippen molar-refractivity contribution >= 4 is 5.97 Å². The molecule has 2 aliphatic rings. The molecular weight excluding hydrogens is 326 g/mol. The molecule has 0 aliphatic carbocycles. The van der Waals surface area contributed by atoms with Crippen LogP contribution in [0, 0.1) is 0 Å². The van der Waals surface area contributed by atoms with Crippen molar-refractivity contribution in [1.82, 2.24) is 14.5 Å². The van der Waals surface area contributed by atoms with Gasteiger partial charge in [-0.05, 0) is 0 Å². The average molecular weight is 343 g/mol. The number of methoxy groups -OCH3 is 1. The molecule has 11 nitrogen and oxygen atoms in total. The van der Waals surface area contributed by atoms with E-state index in [0.29, 0.717) is 17.8 Å². The fraction of sp³-hybridized carbons (Fsp3) is 0.692. The molecule has 0 bridgehead atoms. The van der Waals surface area contributed by atoms with Gasteiger partial charge in [0.05, 0.1) is 25.4 Å².